The van der Waals surface area contributed by atoms with Crippen molar-refractivity contribution in [2.45, 2.75) is 51.0 Å². The topological polar surface area (TPSA) is 46.8 Å². The Hall–Kier alpha value is -1.96. The minimum atomic E-state index is -4.33. The third-order valence-electron chi connectivity index (χ3n) is 4.60. The minimum absolute atomic E-state index is 0.101. The number of hydrogen-bond acceptors (Lipinski definition) is 4. The zero-order valence-corrected chi connectivity index (χ0v) is 13.5. The number of aromatic nitrogens is 4. The Morgan fingerprint density at radius 2 is 1.96 bits per heavy atom. The Balaban J connectivity index is 1.74. The molecule has 1 aromatic heterocycles. The summed E-state index contributed by atoms with van der Waals surface area (Å²) in [6.45, 7) is 2.16. The second kappa shape index (κ2) is 6.51. The van der Waals surface area contributed by atoms with Crippen LogP contribution in [0.5, 0.6) is 0 Å². The SMILES string of the molecule is CC1(Cc2ccccc2)CCCN1Cc1nnnn1CC(F)(F)F. The van der Waals surface area contributed by atoms with E-state index in [0.29, 0.717) is 6.54 Å². The lowest BCUT2D eigenvalue weighted by atomic mass is 9.90. The number of rotatable bonds is 5. The average molecular weight is 339 g/mol. The monoisotopic (exact) mass is 339 g/mol. The summed E-state index contributed by atoms with van der Waals surface area (Å²) < 4.78 is 38.7. The molecule has 1 fully saturated rings. The zero-order valence-electron chi connectivity index (χ0n) is 13.5. The molecule has 2 aromatic rings. The summed E-state index contributed by atoms with van der Waals surface area (Å²) in [7, 11) is 0. The molecular weight excluding hydrogens is 319 g/mol. The minimum Gasteiger partial charge on any atom is -0.290 e. The highest BCUT2D eigenvalue weighted by atomic mass is 19.4. The highest BCUT2D eigenvalue weighted by Crippen LogP contribution is 2.33. The van der Waals surface area contributed by atoms with Crippen LogP contribution in [-0.2, 0) is 19.5 Å². The maximum atomic E-state index is 12.6. The summed E-state index contributed by atoms with van der Waals surface area (Å²) in [6.07, 6.45) is -1.45. The van der Waals surface area contributed by atoms with Gasteiger partial charge in [0.05, 0.1) is 6.54 Å². The van der Waals surface area contributed by atoms with Crippen LogP contribution < -0.4 is 0 Å². The van der Waals surface area contributed by atoms with Gasteiger partial charge >= 0.3 is 6.18 Å². The second-order valence-electron chi connectivity index (χ2n) is 6.55. The summed E-state index contributed by atoms with van der Waals surface area (Å²) in [5.74, 6) is 0.258. The van der Waals surface area contributed by atoms with Crippen LogP contribution in [0, 0.1) is 0 Å². The molecule has 1 aliphatic rings. The standard InChI is InChI=1S/C16H20F3N5/c1-15(10-13-6-3-2-4-7-13)8-5-9-23(15)11-14-20-21-22-24(14)12-16(17,18)19/h2-4,6-7H,5,8-12H2,1H3. The molecule has 3 rings (SSSR count). The maximum Gasteiger partial charge on any atom is 0.408 e. The van der Waals surface area contributed by atoms with Crippen molar-refractivity contribution >= 4 is 0 Å². The fourth-order valence-electron chi connectivity index (χ4n) is 3.38. The predicted molar refractivity (Wildman–Crippen MR) is 82.1 cm³/mol. The quantitative estimate of drug-likeness (QED) is 0.840. The molecular formula is C16H20F3N5. The molecule has 8 heteroatoms. The first kappa shape index (κ1) is 16.9. The predicted octanol–water partition coefficient (Wildman–Crippen LogP) is 2.83. The molecule has 1 atom stereocenters. The normalized spacial score (nSPS) is 22.2. The average Bonchev–Trinajstić information content (AvgIpc) is 3.07. The van der Waals surface area contributed by atoms with Crippen LogP contribution in [0.3, 0.4) is 0 Å². The van der Waals surface area contributed by atoms with Gasteiger partial charge in [0.2, 0.25) is 0 Å². The van der Waals surface area contributed by atoms with Crippen molar-refractivity contribution in [2.24, 2.45) is 0 Å². The van der Waals surface area contributed by atoms with Crippen LogP contribution in [0.4, 0.5) is 13.2 Å². The summed E-state index contributed by atoms with van der Waals surface area (Å²) in [6, 6.07) is 10.1. The molecule has 2 heterocycles. The zero-order chi connectivity index (χ0) is 17.2. The number of halogens is 3. The number of likely N-dealkylation sites (tertiary alicyclic amines) is 1. The number of tetrazole rings is 1. The molecule has 130 valence electrons. The first-order valence-corrected chi connectivity index (χ1v) is 7.96. The van der Waals surface area contributed by atoms with Gasteiger partial charge in [0, 0.05) is 5.54 Å². The van der Waals surface area contributed by atoms with E-state index in [1.165, 1.54) is 5.56 Å². The van der Waals surface area contributed by atoms with Crippen molar-refractivity contribution in [3.8, 4) is 0 Å². The molecule has 0 saturated carbocycles. The molecule has 1 aliphatic heterocycles. The van der Waals surface area contributed by atoms with Gasteiger partial charge < -0.3 is 0 Å². The van der Waals surface area contributed by atoms with E-state index in [9.17, 15) is 13.2 Å². The lowest BCUT2D eigenvalue weighted by Gasteiger charge is -2.35. The van der Waals surface area contributed by atoms with Crippen LogP contribution in [0.15, 0.2) is 30.3 Å². The first-order chi connectivity index (χ1) is 11.4. The Morgan fingerprint density at radius 3 is 2.67 bits per heavy atom. The Morgan fingerprint density at radius 1 is 1.21 bits per heavy atom. The molecule has 5 nitrogen and oxygen atoms in total. The van der Waals surface area contributed by atoms with E-state index in [4.69, 9.17) is 0 Å². The molecule has 1 saturated heterocycles. The van der Waals surface area contributed by atoms with Gasteiger partial charge in [-0.25, -0.2) is 4.68 Å². The Kier molecular flexibility index (Phi) is 4.58. The van der Waals surface area contributed by atoms with E-state index >= 15 is 0 Å². The van der Waals surface area contributed by atoms with Gasteiger partial charge in [-0.1, -0.05) is 30.3 Å². The smallest absolute Gasteiger partial charge is 0.290 e. The van der Waals surface area contributed by atoms with E-state index in [1.54, 1.807) is 0 Å². The van der Waals surface area contributed by atoms with Crippen molar-refractivity contribution in [3.05, 3.63) is 41.7 Å². The number of alkyl halides is 3. The van der Waals surface area contributed by atoms with Crippen molar-refractivity contribution < 1.29 is 13.2 Å². The van der Waals surface area contributed by atoms with Crippen LogP contribution in [0.1, 0.15) is 31.2 Å². The Bertz CT molecular complexity index is 670. The highest BCUT2D eigenvalue weighted by molar-refractivity contribution is 5.18. The van der Waals surface area contributed by atoms with Crippen LogP contribution in [-0.4, -0.2) is 43.4 Å². The number of benzene rings is 1. The molecule has 0 amide bonds. The van der Waals surface area contributed by atoms with Gasteiger partial charge in [-0.3, -0.25) is 4.90 Å². The maximum absolute atomic E-state index is 12.6. The lowest BCUT2D eigenvalue weighted by Crippen LogP contribution is -2.43. The van der Waals surface area contributed by atoms with E-state index in [-0.39, 0.29) is 11.4 Å². The summed E-state index contributed by atoms with van der Waals surface area (Å²) in [5.41, 5.74) is 1.12. The van der Waals surface area contributed by atoms with Crippen molar-refractivity contribution in [1.29, 1.82) is 0 Å². The summed E-state index contributed by atoms with van der Waals surface area (Å²) >= 11 is 0. The summed E-state index contributed by atoms with van der Waals surface area (Å²) in [4.78, 5) is 2.19. The molecule has 0 spiro atoms. The fourth-order valence-corrected chi connectivity index (χ4v) is 3.38. The molecule has 1 aromatic carbocycles. The molecule has 0 aliphatic carbocycles. The van der Waals surface area contributed by atoms with E-state index in [1.807, 2.05) is 18.2 Å². The van der Waals surface area contributed by atoms with E-state index in [0.717, 1.165) is 30.5 Å². The molecule has 0 radical (unpaired) electrons. The third kappa shape index (κ3) is 3.92. The molecule has 0 N–H and O–H groups in total. The van der Waals surface area contributed by atoms with Gasteiger partial charge in [-0.2, -0.15) is 13.2 Å². The van der Waals surface area contributed by atoms with Gasteiger partial charge in [-0.05, 0) is 48.7 Å². The van der Waals surface area contributed by atoms with Gasteiger partial charge in [0.1, 0.15) is 6.54 Å². The van der Waals surface area contributed by atoms with Crippen LogP contribution in [0.25, 0.3) is 0 Å². The van der Waals surface area contributed by atoms with Gasteiger partial charge in [-0.15, -0.1) is 5.10 Å². The van der Waals surface area contributed by atoms with Gasteiger partial charge in [0.15, 0.2) is 5.82 Å². The summed E-state index contributed by atoms with van der Waals surface area (Å²) in [5, 5.41) is 10.7. The highest BCUT2D eigenvalue weighted by Gasteiger charge is 2.38. The van der Waals surface area contributed by atoms with Crippen LogP contribution >= 0.6 is 0 Å². The fraction of sp³-hybridized carbons (Fsp3) is 0.562. The van der Waals surface area contributed by atoms with E-state index < -0.39 is 12.7 Å². The first-order valence-electron chi connectivity index (χ1n) is 7.96. The van der Waals surface area contributed by atoms with Crippen molar-refractivity contribution in [3.63, 3.8) is 0 Å². The molecule has 24 heavy (non-hydrogen) atoms. The van der Waals surface area contributed by atoms with E-state index in [2.05, 4.69) is 39.5 Å². The third-order valence-corrected chi connectivity index (χ3v) is 4.60. The largest absolute Gasteiger partial charge is 0.408 e. The Labute approximate surface area is 138 Å². The number of nitrogens with zero attached hydrogens (tertiary/aromatic N) is 5. The van der Waals surface area contributed by atoms with Crippen LogP contribution in [0.2, 0.25) is 0 Å². The number of hydrogen-bond donors (Lipinski definition) is 0. The van der Waals surface area contributed by atoms with Crippen molar-refractivity contribution in [1.82, 2.24) is 25.1 Å². The van der Waals surface area contributed by atoms with Gasteiger partial charge in [0.25, 0.3) is 0 Å². The second-order valence-corrected chi connectivity index (χ2v) is 6.55. The molecule has 1 unspecified atom stereocenters. The molecule has 0 bridgehead atoms. The van der Waals surface area contributed by atoms with Crippen molar-refractivity contribution in [2.75, 3.05) is 6.54 Å². The lowest BCUT2D eigenvalue weighted by molar-refractivity contribution is -0.143.